The number of thiocarbonyl (C=S) groups is 1. The lowest BCUT2D eigenvalue weighted by molar-refractivity contribution is -0.136. The molecule has 3 heterocycles. The fraction of sp³-hybridized carbons (Fsp3) is 0.350. The van der Waals surface area contributed by atoms with Gasteiger partial charge in [-0.3, -0.25) is 4.68 Å². The Morgan fingerprint density at radius 3 is 2.83 bits per heavy atom. The number of aromatic nitrogens is 2. The molecule has 9 heteroatoms. The van der Waals surface area contributed by atoms with E-state index in [-0.39, 0.29) is 0 Å². The lowest BCUT2D eigenvalue weighted by Crippen LogP contribution is -2.45. The van der Waals surface area contributed by atoms with E-state index in [1.165, 1.54) is 7.11 Å². The molecule has 0 bridgehead atoms. The summed E-state index contributed by atoms with van der Waals surface area (Å²) in [5.41, 5.74) is 3.51. The summed E-state index contributed by atoms with van der Waals surface area (Å²) in [5, 5.41) is 11.2. The van der Waals surface area contributed by atoms with E-state index in [1.54, 1.807) is 11.6 Å². The monoisotopic (exact) mass is 414 g/mol. The van der Waals surface area contributed by atoms with Gasteiger partial charge in [0.2, 0.25) is 0 Å². The number of benzene rings is 1. The molecule has 1 aromatic carbocycles. The third-order valence-corrected chi connectivity index (χ3v) is 5.08. The minimum Gasteiger partial charge on any atom is -0.490 e. The van der Waals surface area contributed by atoms with Crippen LogP contribution in [0.4, 0.5) is 0 Å². The van der Waals surface area contributed by atoms with Gasteiger partial charge < -0.3 is 24.8 Å². The van der Waals surface area contributed by atoms with E-state index in [4.69, 9.17) is 26.4 Å². The molecule has 152 valence electrons. The first-order chi connectivity index (χ1) is 14.0. The standard InChI is InChI=1S/C20H22N4O4S/c1-11-16(19(25)26-3)18(22-20(29)21-11)13-10-24(2)23-17(13)12-5-6-14-15(9-12)28-8-4-7-27-14/h5-6,9-10,18H,4,7-8H2,1-3H3,(H2,21,22,29). The minimum absolute atomic E-state index is 0.427. The van der Waals surface area contributed by atoms with Gasteiger partial charge in [-0.25, -0.2) is 4.79 Å². The second kappa shape index (κ2) is 7.75. The van der Waals surface area contributed by atoms with Crippen molar-refractivity contribution in [2.24, 2.45) is 7.05 Å². The number of carbonyl (C=O) groups excluding carboxylic acids is 1. The number of rotatable bonds is 3. The van der Waals surface area contributed by atoms with Crippen LogP contribution in [-0.4, -0.2) is 41.2 Å². The lowest BCUT2D eigenvalue weighted by Gasteiger charge is -2.29. The summed E-state index contributed by atoms with van der Waals surface area (Å²) in [6.45, 7) is 3.03. The Labute approximate surface area is 173 Å². The fourth-order valence-electron chi connectivity index (χ4n) is 3.56. The van der Waals surface area contributed by atoms with E-state index in [9.17, 15) is 4.79 Å². The zero-order valence-electron chi connectivity index (χ0n) is 16.4. The Morgan fingerprint density at radius 1 is 1.31 bits per heavy atom. The van der Waals surface area contributed by atoms with Crippen LogP contribution in [0.1, 0.15) is 24.9 Å². The summed E-state index contributed by atoms with van der Waals surface area (Å²) < 4.78 is 18.3. The van der Waals surface area contributed by atoms with Crippen molar-refractivity contribution in [1.29, 1.82) is 0 Å². The molecule has 1 aromatic heterocycles. The third kappa shape index (κ3) is 3.65. The van der Waals surface area contributed by atoms with E-state index in [1.807, 2.05) is 31.4 Å². The number of ether oxygens (including phenoxy) is 3. The molecule has 4 rings (SSSR count). The second-order valence-corrected chi connectivity index (χ2v) is 7.29. The molecule has 0 fully saturated rings. The summed E-state index contributed by atoms with van der Waals surface area (Å²) in [5.74, 6) is 0.977. The minimum atomic E-state index is -0.490. The van der Waals surface area contributed by atoms with Crippen LogP contribution in [0, 0.1) is 0 Å². The first-order valence-electron chi connectivity index (χ1n) is 9.28. The number of nitrogens with zero attached hydrogens (tertiary/aromatic N) is 2. The summed E-state index contributed by atoms with van der Waals surface area (Å²) in [7, 11) is 3.20. The SMILES string of the molecule is COC(=O)C1=C(C)NC(=S)NC1c1cn(C)nc1-c1ccc2c(c1)OCCCO2. The Hall–Kier alpha value is -3.07. The lowest BCUT2D eigenvalue weighted by atomic mass is 9.94. The van der Waals surface area contributed by atoms with Crippen molar-refractivity contribution in [2.75, 3.05) is 20.3 Å². The van der Waals surface area contributed by atoms with Crippen molar-refractivity contribution < 1.29 is 19.0 Å². The van der Waals surface area contributed by atoms with Crippen LogP contribution in [0.5, 0.6) is 11.5 Å². The number of allylic oxidation sites excluding steroid dienone is 1. The van der Waals surface area contributed by atoms with Crippen LogP contribution >= 0.6 is 12.2 Å². The number of aryl methyl sites for hydroxylation is 1. The largest absolute Gasteiger partial charge is 0.490 e. The first kappa shape index (κ1) is 19.3. The molecule has 2 N–H and O–H groups in total. The number of hydrogen-bond acceptors (Lipinski definition) is 6. The van der Waals surface area contributed by atoms with Gasteiger partial charge in [0.25, 0.3) is 0 Å². The van der Waals surface area contributed by atoms with Crippen LogP contribution in [0.25, 0.3) is 11.3 Å². The maximum Gasteiger partial charge on any atom is 0.337 e. The zero-order chi connectivity index (χ0) is 20.5. The summed E-state index contributed by atoms with van der Waals surface area (Å²) >= 11 is 5.33. The Bertz CT molecular complexity index is 1010. The maximum absolute atomic E-state index is 12.5. The van der Waals surface area contributed by atoms with Gasteiger partial charge in [-0.15, -0.1) is 0 Å². The Morgan fingerprint density at radius 2 is 2.07 bits per heavy atom. The quantitative estimate of drug-likeness (QED) is 0.584. The molecule has 0 radical (unpaired) electrons. The van der Waals surface area contributed by atoms with Gasteiger partial charge in [0.15, 0.2) is 16.6 Å². The highest BCUT2D eigenvalue weighted by Gasteiger charge is 2.33. The number of hydrogen-bond donors (Lipinski definition) is 2. The summed E-state index contributed by atoms with van der Waals surface area (Å²) in [6.07, 6.45) is 2.71. The summed E-state index contributed by atoms with van der Waals surface area (Å²) in [4.78, 5) is 12.5. The highest BCUT2D eigenvalue weighted by Crippen LogP contribution is 2.38. The highest BCUT2D eigenvalue weighted by molar-refractivity contribution is 7.80. The molecule has 2 aromatic rings. The summed E-state index contributed by atoms with van der Waals surface area (Å²) in [6, 6.07) is 5.25. The van der Waals surface area contributed by atoms with Crippen LogP contribution < -0.4 is 20.1 Å². The average molecular weight is 414 g/mol. The first-order valence-corrected chi connectivity index (χ1v) is 9.69. The molecule has 2 aliphatic rings. The molecule has 8 nitrogen and oxygen atoms in total. The molecular weight excluding hydrogens is 392 g/mol. The van der Waals surface area contributed by atoms with Crippen LogP contribution in [0.3, 0.4) is 0 Å². The van der Waals surface area contributed by atoms with Gasteiger partial charge in [0.05, 0.1) is 37.6 Å². The third-order valence-electron chi connectivity index (χ3n) is 4.86. The smallest absolute Gasteiger partial charge is 0.337 e. The normalized spacial score (nSPS) is 18.6. The van der Waals surface area contributed by atoms with Crippen molar-refractivity contribution in [3.05, 3.63) is 41.2 Å². The van der Waals surface area contributed by atoms with Crippen LogP contribution in [0.2, 0.25) is 0 Å². The molecule has 0 amide bonds. The topological polar surface area (TPSA) is 86.6 Å². The number of methoxy groups -OCH3 is 1. The molecule has 1 unspecified atom stereocenters. The molecular formula is C20H22N4O4S. The number of carbonyl (C=O) groups is 1. The number of nitrogens with one attached hydrogen (secondary N) is 2. The maximum atomic E-state index is 12.5. The second-order valence-electron chi connectivity index (χ2n) is 6.88. The molecule has 1 atom stereocenters. The van der Waals surface area contributed by atoms with Gasteiger partial charge >= 0.3 is 5.97 Å². The van der Waals surface area contributed by atoms with Crippen LogP contribution in [-0.2, 0) is 16.6 Å². The van der Waals surface area contributed by atoms with Crippen molar-refractivity contribution in [3.63, 3.8) is 0 Å². The Balaban J connectivity index is 1.81. The molecule has 0 saturated carbocycles. The van der Waals surface area contributed by atoms with Crippen molar-refractivity contribution in [2.45, 2.75) is 19.4 Å². The van der Waals surface area contributed by atoms with Crippen molar-refractivity contribution in [1.82, 2.24) is 20.4 Å². The van der Waals surface area contributed by atoms with E-state index in [0.29, 0.717) is 35.3 Å². The average Bonchev–Trinajstić information content (AvgIpc) is 2.93. The molecule has 0 spiro atoms. The van der Waals surface area contributed by atoms with E-state index < -0.39 is 12.0 Å². The number of fused-ring (bicyclic) bond motifs is 1. The molecule has 2 aliphatic heterocycles. The fourth-order valence-corrected chi connectivity index (χ4v) is 3.83. The number of esters is 1. The van der Waals surface area contributed by atoms with Gasteiger partial charge in [0.1, 0.15) is 0 Å². The molecule has 29 heavy (non-hydrogen) atoms. The van der Waals surface area contributed by atoms with Crippen molar-refractivity contribution >= 4 is 23.3 Å². The Kier molecular flexibility index (Phi) is 5.14. The predicted molar refractivity (Wildman–Crippen MR) is 111 cm³/mol. The van der Waals surface area contributed by atoms with E-state index in [2.05, 4.69) is 15.7 Å². The van der Waals surface area contributed by atoms with Gasteiger partial charge in [-0.1, -0.05) is 0 Å². The zero-order valence-corrected chi connectivity index (χ0v) is 17.3. The molecule has 0 aliphatic carbocycles. The van der Waals surface area contributed by atoms with Gasteiger partial charge in [0, 0.05) is 36.5 Å². The van der Waals surface area contributed by atoms with Gasteiger partial charge in [-0.05, 0) is 37.3 Å². The van der Waals surface area contributed by atoms with Crippen molar-refractivity contribution in [3.8, 4) is 22.8 Å². The highest BCUT2D eigenvalue weighted by atomic mass is 32.1. The molecule has 0 saturated heterocycles. The van der Waals surface area contributed by atoms with E-state index >= 15 is 0 Å². The van der Waals surface area contributed by atoms with Crippen LogP contribution in [0.15, 0.2) is 35.7 Å². The van der Waals surface area contributed by atoms with E-state index in [0.717, 1.165) is 29.0 Å². The van der Waals surface area contributed by atoms with Gasteiger partial charge in [-0.2, -0.15) is 5.10 Å². The predicted octanol–water partition coefficient (Wildman–Crippen LogP) is 2.21.